The maximum absolute atomic E-state index is 11.0. The molecule has 1 N–H and O–H groups in total. The molecule has 0 radical (unpaired) electrons. The van der Waals surface area contributed by atoms with Gasteiger partial charge in [-0.25, -0.2) is 4.79 Å². The number of hydrogen-bond donors (Lipinski definition) is 1. The van der Waals surface area contributed by atoms with Crippen LogP contribution in [0.1, 0.15) is 34.4 Å². The number of carbonyl (C=O) groups is 1. The van der Waals surface area contributed by atoms with Gasteiger partial charge in [0.15, 0.2) is 0 Å². The fraction of sp³-hybridized carbons (Fsp3) is 0.417. The lowest BCUT2D eigenvalue weighted by molar-refractivity contribution is 0.0696. The minimum absolute atomic E-state index is 0.204. The predicted molar refractivity (Wildman–Crippen MR) is 70.7 cm³/mol. The Hall–Kier alpha value is -1.82. The molecule has 0 atom stereocenters. The maximum atomic E-state index is 11.0. The van der Waals surface area contributed by atoms with Crippen LogP contribution < -0.4 is 0 Å². The second-order valence-corrected chi connectivity index (χ2v) is 4.67. The van der Waals surface area contributed by atoms with Crippen LogP contribution in [0.15, 0.2) is 6.20 Å². The summed E-state index contributed by atoms with van der Waals surface area (Å²) in [6, 6.07) is 0. The topological polar surface area (TPSA) is 72.9 Å². The van der Waals surface area contributed by atoms with Crippen LogP contribution in [0.2, 0.25) is 5.02 Å². The van der Waals surface area contributed by atoms with Crippen LogP contribution in [0.5, 0.6) is 0 Å². The first kappa shape index (κ1) is 13.6. The van der Waals surface area contributed by atoms with Crippen molar-refractivity contribution in [2.45, 2.75) is 33.9 Å². The summed E-state index contributed by atoms with van der Waals surface area (Å²) in [5.74, 6) is -0.977. The van der Waals surface area contributed by atoms with Crippen LogP contribution in [0.3, 0.4) is 0 Å². The molecule has 0 aromatic carbocycles. The molecule has 0 bridgehead atoms. The predicted octanol–water partition coefficient (Wildman–Crippen LogP) is 2.12. The number of carboxylic acids is 1. The molecule has 2 rings (SSSR count). The molecule has 0 aliphatic heterocycles. The fourth-order valence-corrected chi connectivity index (χ4v) is 2.18. The first-order valence-electron chi connectivity index (χ1n) is 5.93. The van der Waals surface area contributed by atoms with E-state index in [0.29, 0.717) is 23.8 Å². The van der Waals surface area contributed by atoms with E-state index in [4.69, 9.17) is 16.7 Å². The molecule has 0 aliphatic carbocycles. The Morgan fingerprint density at radius 1 is 1.37 bits per heavy atom. The molecule has 0 saturated heterocycles. The van der Waals surface area contributed by atoms with Gasteiger partial charge in [-0.3, -0.25) is 9.36 Å². The van der Waals surface area contributed by atoms with E-state index in [2.05, 4.69) is 10.2 Å². The Balaban J connectivity index is 2.36. The van der Waals surface area contributed by atoms with Crippen LogP contribution in [0.25, 0.3) is 0 Å². The Morgan fingerprint density at radius 2 is 2.05 bits per heavy atom. The standard InChI is InChI=1S/C12H15ClN4O2/c1-4-17-10(11(13)8(3)15-17)6-16-5-9(12(18)19)7(2)14-16/h5H,4,6H2,1-3H3,(H,18,19). The fourth-order valence-electron chi connectivity index (χ4n) is 1.98. The minimum Gasteiger partial charge on any atom is -0.478 e. The summed E-state index contributed by atoms with van der Waals surface area (Å²) in [6.45, 7) is 6.60. The van der Waals surface area contributed by atoms with Gasteiger partial charge < -0.3 is 5.11 Å². The summed E-state index contributed by atoms with van der Waals surface area (Å²) in [7, 11) is 0. The second kappa shape index (κ2) is 5.05. The monoisotopic (exact) mass is 282 g/mol. The van der Waals surface area contributed by atoms with Crippen molar-refractivity contribution in [3.05, 3.63) is 33.9 Å². The number of halogens is 1. The van der Waals surface area contributed by atoms with Gasteiger partial charge in [0.25, 0.3) is 0 Å². The van der Waals surface area contributed by atoms with Gasteiger partial charge >= 0.3 is 5.97 Å². The quantitative estimate of drug-likeness (QED) is 0.932. The van der Waals surface area contributed by atoms with Gasteiger partial charge in [-0.2, -0.15) is 10.2 Å². The molecule has 0 spiro atoms. The lowest BCUT2D eigenvalue weighted by Crippen LogP contribution is -2.09. The van der Waals surface area contributed by atoms with Crippen molar-refractivity contribution in [2.75, 3.05) is 0 Å². The van der Waals surface area contributed by atoms with Crippen molar-refractivity contribution in [2.24, 2.45) is 0 Å². The van der Waals surface area contributed by atoms with Crippen LogP contribution in [-0.2, 0) is 13.1 Å². The highest BCUT2D eigenvalue weighted by atomic mass is 35.5. The lowest BCUT2D eigenvalue weighted by Gasteiger charge is -2.05. The summed E-state index contributed by atoms with van der Waals surface area (Å²) >= 11 is 6.21. The first-order valence-corrected chi connectivity index (χ1v) is 6.31. The molecule has 2 heterocycles. The Morgan fingerprint density at radius 3 is 2.58 bits per heavy atom. The van der Waals surface area contributed by atoms with Gasteiger partial charge in [0.05, 0.1) is 28.6 Å². The van der Waals surface area contributed by atoms with Crippen LogP contribution in [-0.4, -0.2) is 30.6 Å². The van der Waals surface area contributed by atoms with E-state index in [1.165, 1.54) is 6.20 Å². The third-order valence-electron chi connectivity index (χ3n) is 2.94. The highest BCUT2D eigenvalue weighted by molar-refractivity contribution is 6.31. The second-order valence-electron chi connectivity index (χ2n) is 4.29. The molecule has 2 aromatic heterocycles. The Labute approximate surface area is 115 Å². The average molecular weight is 283 g/mol. The number of aromatic carboxylic acids is 1. The van der Waals surface area contributed by atoms with Gasteiger partial charge in [0.2, 0.25) is 0 Å². The van der Waals surface area contributed by atoms with Crippen LogP contribution in [0.4, 0.5) is 0 Å². The van der Waals surface area contributed by atoms with Crippen molar-refractivity contribution in [1.82, 2.24) is 19.6 Å². The summed E-state index contributed by atoms with van der Waals surface area (Å²) in [6.07, 6.45) is 1.51. The van der Waals surface area contributed by atoms with Crippen molar-refractivity contribution in [3.63, 3.8) is 0 Å². The van der Waals surface area contributed by atoms with E-state index in [-0.39, 0.29) is 5.56 Å². The molecule has 0 unspecified atom stereocenters. The van der Waals surface area contributed by atoms with E-state index in [1.807, 2.05) is 13.8 Å². The summed E-state index contributed by atoms with van der Waals surface area (Å²) in [5, 5.41) is 18.1. The molecular weight excluding hydrogens is 268 g/mol. The van der Waals surface area contributed by atoms with E-state index >= 15 is 0 Å². The molecule has 0 aliphatic rings. The zero-order chi connectivity index (χ0) is 14.2. The van der Waals surface area contributed by atoms with Crippen molar-refractivity contribution < 1.29 is 9.90 Å². The third kappa shape index (κ3) is 2.49. The summed E-state index contributed by atoms with van der Waals surface area (Å²) in [4.78, 5) is 11.0. The van der Waals surface area contributed by atoms with E-state index in [9.17, 15) is 4.79 Å². The average Bonchev–Trinajstić information content (AvgIpc) is 2.84. The third-order valence-corrected chi connectivity index (χ3v) is 3.43. The van der Waals surface area contributed by atoms with Crippen molar-refractivity contribution in [3.8, 4) is 0 Å². The highest BCUT2D eigenvalue weighted by Gasteiger charge is 2.16. The first-order chi connectivity index (χ1) is 8.93. The number of carboxylic acid groups (broad SMARTS) is 1. The van der Waals surface area contributed by atoms with Gasteiger partial charge in [-0.05, 0) is 20.8 Å². The molecule has 2 aromatic rings. The molecular formula is C12H15ClN4O2. The molecule has 6 nitrogen and oxygen atoms in total. The molecule has 102 valence electrons. The van der Waals surface area contributed by atoms with Gasteiger partial charge in [0, 0.05) is 12.7 Å². The Bertz CT molecular complexity index is 630. The zero-order valence-electron chi connectivity index (χ0n) is 11.0. The van der Waals surface area contributed by atoms with Gasteiger partial charge in [-0.1, -0.05) is 11.6 Å². The summed E-state index contributed by atoms with van der Waals surface area (Å²) < 4.78 is 3.38. The number of hydrogen-bond acceptors (Lipinski definition) is 3. The maximum Gasteiger partial charge on any atom is 0.339 e. The largest absolute Gasteiger partial charge is 0.478 e. The van der Waals surface area contributed by atoms with Crippen molar-refractivity contribution in [1.29, 1.82) is 0 Å². The van der Waals surface area contributed by atoms with Gasteiger partial charge in [0.1, 0.15) is 5.56 Å². The molecule has 0 fully saturated rings. The normalized spacial score (nSPS) is 10.9. The number of nitrogens with zero attached hydrogens (tertiary/aromatic N) is 4. The van der Waals surface area contributed by atoms with E-state index in [1.54, 1.807) is 16.3 Å². The minimum atomic E-state index is -0.977. The molecule has 0 saturated carbocycles. The van der Waals surface area contributed by atoms with E-state index in [0.717, 1.165) is 11.4 Å². The van der Waals surface area contributed by atoms with E-state index < -0.39 is 5.97 Å². The molecule has 19 heavy (non-hydrogen) atoms. The number of rotatable bonds is 4. The SMILES string of the molecule is CCn1nc(C)c(Cl)c1Cn1cc(C(=O)O)c(C)n1. The molecule has 7 heteroatoms. The highest BCUT2D eigenvalue weighted by Crippen LogP contribution is 2.21. The summed E-state index contributed by atoms with van der Waals surface area (Å²) in [5.41, 5.74) is 2.29. The number of aryl methyl sites for hydroxylation is 3. The Kier molecular flexibility index (Phi) is 3.61. The smallest absolute Gasteiger partial charge is 0.339 e. The lowest BCUT2D eigenvalue weighted by atomic mass is 10.3. The van der Waals surface area contributed by atoms with Crippen LogP contribution >= 0.6 is 11.6 Å². The zero-order valence-corrected chi connectivity index (χ0v) is 11.8. The van der Waals surface area contributed by atoms with Crippen molar-refractivity contribution >= 4 is 17.6 Å². The molecule has 0 amide bonds. The number of aromatic nitrogens is 4. The van der Waals surface area contributed by atoms with Crippen LogP contribution in [0, 0.1) is 13.8 Å². The van der Waals surface area contributed by atoms with Gasteiger partial charge in [-0.15, -0.1) is 0 Å².